The Balaban J connectivity index is 2.09. The molecule has 1 aliphatic heterocycles. The smallest absolute Gasteiger partial charge is 0.134 e. The molecule has 80 valence electrons. The molecular weight excluding hydrogens is 254 g/mol. The molecule has 1 aromatic carbocycles. The van der Waals surface area contributed by atoms with E-state index in [1.165, 1.54) is 5.69 Å². The van der Waals surface area contributed by atoms with Crippen molar-refractivity contribution in [3.8, 4) is 0 Å². The first-order valence-corrected chi connectivity index (χ1v) is 6.07. The maximum atomic E-state index is 11.3. The minimum absolute atomic E-state index is 0.398. The fourth-order valence-electron chi connectivity index (χ4n) is 1.87. The van der Waals surface area contributed by atoms with E-state index >= 15 is 0 Å². The number of anilines is 1. The van der Waals surface area contributed by atoms with Crippen LogP contribution in [0.1, 0.15) is 19.3 Å². The Kier molecular flexibility index (Phi) is 3.41. The van der Waals surface area contributed by atoms with Crippen LogP contribution < -0.4 is 4.90 Å². The van der Waals surface area contributed by atoms with Gasteiger partial charge in [0.15, 0.2) is 0 Å². The van der Waals surface area contributed by atoms with Gasteiger partial charge in [-0.25, -0.2) is 0 Å². The molecular formula is C12H14BrNO. The Morgan fingerprint density at radius 2 is 1.80 bits per heavy atom. The number of ketones is 1. The van der Waals surface area contributed by atoms with E-state index in [-0.39, 0.29) is 0 Å². The van der Waals surface area contributed by atoms with Crippen LogP contribution in [-0.4, -0.2) is 18.9 Å². The summed E-state index contributed by atoms with van der Waals surface area (Å²) in [6, 6.07) is 8.28. The van der Waals surface area contributed by atoms with E-state index in [0.717, 1.165) is 30.4 Å². The Bertz CT molecular complexity index is 347. The molecule has 1 aromatic rings. The van der Waals surface area contributed by atoms with Crippen molar-refractivity contribution in [2.45, 2.75) is 19.3 Å². The van der Waals surface area contributed by atoms with Crippen LogP contribution in [0.15, 0.2) is 28.7 Å². The number of rotatable bonds is 1. The molecule has 2 rings (SSSR count). The molecule has 1 aliphatic rings. The van der Waals surface area contributed by atoms with Crippen LogP contribution in [0.2, 0.25) is 0 Å². The summed E-state index contributed by atoms with van der Waals surface area (Å²) < 4.78 is 1.09. The summed E-state index contributed by atoms with van der Waals surface area (Å²) >= 11 is 3.42. The minimum atomic E-state index is 0.398. The maximum Gasteiger partial charge on any atom is 0.134 e. The standard InChI is InChI=1S/C12H14BrNO/c13-10-3-5-11(6-4-10)14-8-1-2-12(15)7-9-14/h3-6H,1-2,7-9H2. The summed E-state index contributed by atoms with van der Waals surface area (Å²) in [7, 11) is 0. The monoisotopic (exact) mass is 267 g/mol. The number of carbonyl (C=O) groups excluding carboxylic acids is 1. The molecule has 3 heteroatoms. The zero-order valence-corrected chi connectivity index (χ0v) is 10.2. The second kappa shape index (κ2) is 4.79. The van der Waals surface area contributed by atoms with E-state index in [1.807, 2.05) is 12.1 Å². The molecule has 0 aliphatic carbocycles. The van der Waals surface area contributed by atoms with Crippen molar-refractivity contribution in [1.29, 1.82) is 0 Å². The lowest BCUT2D eigenvalue weighted by atomic mass is 10.2. The Hall–Kier alpha value is -0.830. The highest BCUT2D eigenvalue weighted by Crippen LogP contribution is 2.20. The molecule has 0 unspecified atom stereocenters. The molecule has 1 fully saturated rings. The molecule has 1 heterocycles. The van der Waals surface area contributed by atoms with Gasteiger partial charge in [0.25, 0.3) is 0 Å². The van der Waals surface area contributed by atoms with Gasteiger partial charge in [-0.05, 0) is 30.7 Å². The molecule has 15 heavy (non-hydrogen) atoms. The number of Topliss-reactive ketones (excluding diaryl/α,β-unsaturated/α-hetero) is 1. The number of carbonyl (C=O) groups is 1. The number of benzene rings is 1. The Morgan fingerprint density at radius 1 is 1.07 bits per heavy atom. The average Bonchev–Trinajstić information content (AvgIpc) is 2.44. The fraction of sp³-hybridized carbons (Fsp3) is 0.417. The zero-order valence-electron chi connectivity index (χ0n) is 8.58. The third-order valence-electron chi connectivity index (χ3n) is 2.74. The van der Waals surface area contributed by atoms with Crippen molar-refractivity contribution in [1.82, 2.24) is 0 Å². The molecule has 0 bridgehead atoms. The van der Waals surface area contributed by atoms with E-state index in [0.29, 0.717) is 12.2 Å². The van der Waals surface area contributed by atoms with Crippen LogP contribution in [-0.2, 0) is 4.79 Å². The summed E-state index contributed by atoms with van der Waals surface area (Å²) in [5.74, 6) is 0.398. The first kappa shape index (κ1) is 10.7. The van der Waals surface area contributed by atoms with Crippen molar-refractivity contribution < 1.29 is 4.79 Å². The van der Waals surface area contributed by atoms with Crippen LogP contribution in [0.4, 0.5) is 5.69 Å². The van der Waals surface area contributed by atoms with Gasteiger partial charge in [0, 0.05) is 36.1 Å². The van der Waals surface area contributed by atoms with E-state index in [9.17, 15) is 4.79 Å². The predicted molar refractivity (Wildman–Crippen MR) is 65.2 cm³/mol. The van der Waals surface area contributed by atoms with E-state index in [4.69, 9.17) is 0 Å². The van der Waals surface area contributed by atoms with Gasteiger partial charge < -0.3 is 4.90 Å². The summed E-state index contributed by atoms with van der Waals surface area (Å²) in [6.45, 7) is 1.85. The lowest BCUT2D eigenvalue weighted by Gasteiger charge is -2.22. The molecule has 0 spiro atoms. The van der Waals surface area contributed by atoms with Gasteiger partial charge in [0.1, 0.15) is 5.78 Å². The second-order valence-corrected chi connectivity index (χ2v) is 4.77. The molecule has 2 nitrogen and oxygen atoms in total. The summed E-state index contributed by atoms with van der Waals surface area (Å²) in [5, 5.41) is 0. The summed E-state index contributed by atoms with van der Waals surface area (Å²) in [6.07, 6.45) is 2.41. The lowest BCUT2D eigenvalue weighted by Crippen LogP contribution is -2.23. The number of halogens is 1. The van der Waals surface area contributed by atoms with E-state index in [1.54, 1.807) is 0 Å². The van der Waals surface area contributed by atoms with Crippen molar-refractivity contribution >= 4 is 27.4 Å². The van der Waals surface area contributed by atoms with Crippen molar-refractivity contribution in [3.63, 3.8) is 0 Å². The van der Waals surface area contributed by atoms with Gasteiger partial charge in [0.2, 0.25) is 0 Å². The predicted octanol–water partition coefficient (Wildman–Crippen LogP) is 3.01. The summed E-state index contributed by atoms with van der Waals surface area (Å²) in [4.78, 5) is 13.6. The van der Waals surface area contributed by atoms with Crippen LogP contribution in [0.5, 0.6) is 0 Å². The van der Waals surface area contributed by atoms with Crippen molar-refractivity contribution in [2.24, 2.45) is 0 Å². The average molecular weight is 268 g/mol. The number of hydrogen-bond donors (Lipinski definition) is 0. The van der Waals surface area contributed by atoms with Crippen LogP contribution in [0.25, 0.3) is 0 Å². The molecule has 0 radical (unpaired) electrons. The molecule has 1 saturated heterocycles. The Morgan fingerprint density at radius 3 is 2.53 bits per heavy atom. The third-order valence-corrected chi connectivity index (χ3v) is 3.26. The fourth-order valence-corrected chi connectivity index (χ4v) is 2.14. The lowest BCUT2D eigenvalue weighted by molar-refractivity contribution is -0.118. The number of nitrogens with zero attached hydrogens (tertiary/aromatic N) is 1. The normalized spacial score (nSPS) is 17.7. The maximum absolute atomic E-state index is 11.3. The highest BCUT2D eigenvalue weighted by atomic mass is 79.9. The van der Waals surface area contributed by atoms with Gasteiger partial charge in [0.05, 0.1) is 0 Å². The Labute approximate surface area is 98.4 Å². The minimum Gasteiger partial charge on any atom is -0.371 e. The van der Waals surface area contributed by atoms with Crippen LogP contribution in [0.3, 0.4) is 0 Å². The first-order valence-electron chi connectivity index (χ1n) is 5.28. The number of hydrogen-bond acceptors (Lipinski definition) is 2. The van der Waals surface area contributed by atoms with Crippen molar-refractivity contribution in [3.05, 3.63) is 28.7 Å². The van der Waals surface area contributed by atoms with Crippen LogP contribution in [0, 0.1) is 0 Å². The molecule has 0 saturated carbocycles. The topological polar surface area (TPSA) is 20.3 Å². The van der Waals surface area contributed by atoms with Gasteiger partial charge in [-0.15, -0.1) is 0 Å². The first-order chi connectivity index (χ1) is 7.25. The molecule has 0 atom stereocenters. The SMILES string of the molecule is O=C1CCCN(c2ccc(Br)cc2)CC1. The largest absolute Gasteiger partial charge is 0.371 e. The highest BCUT2D eigenvalue weighted by molar-refractivity contribution is 9.10. The molecule has 0 amide bonds. The van der Waals surface area contributed by atoms with Gasteiger partial charge in [-0.3, -0.25) is 4.79 Å². The van der Waals surface area contributed by atoms with Crippen LogP contribution >= 0.6 is 15.9 Å². The second-order valence-electron chi connectivity index (χ2n) is 3.86. The third kappa shape index (κ3) is 2.81. The summed E-state index contributed by atoms with van der Waals surface area (Å²) in [5.41, 5.74) is 1.22. The van der Waals surface area contributed by atoms with Gasteiger partial charge >= 0.3 is 0 Å². The van der Waals surface area contributed by atoms with Gasteiger partial charge in [-0.2, -0.15) is 0 Å². The van der Waals surface area contributed by atoms with E-state index < -0.39 is 0 Å². The van der Waals surface area contributed by atoms with Gasteiger partial charge in [-0.1, -0.05) is 15.9 Å². The zero-order chi connectivity index (χ0) is 10.7. The molecule has 0 aromatic heterocycles. The van der Waals surface area contributed by atoms with E-state index in [2.05, 4.69) is 33.0 Å². The highest BCUT2D eigenvalue weighted by Gasteiger charge is 2.13. The quantitative estimate of drug-likeness (QED) is 0.780. The molecule has 0 N–H and O–H groups in total. The van der Waals surface area contributed by atoms with Crippen molar-refractivity contribution in [2.75, 3.05) is 18.0 Å².